The molecule has 0 aromatic heterocycles. The van der Waals surface area contributed by atoms with Crippen LogP contribution < -0.4 is 15.4 Å². The van der Waals surface area contributed by atoms with Gasteiger partial charge in [-0.25, -0.2) is 8.42 Å². The second kappa shape index (κ2) is 9.53. The number of carbonyl (C=O) groups excluding carboxylic acids is 2. The molecule has 160 valence electrons. The molecule has 0 radical (unpaired) electrons. The van der Waals surface area contributed by atoms with E-state index in [1.54, 1.807) is 30.3 Å². The number of anilines is 2. The van der Waals surface area contributed by atoms with Gasteiger partial charge >= 0.3 is 0 Å². The van der Waals surface area contributed by atoms with Crippen LogP contribution in [0.5, 0.6) is 5.75 Å². The Morgan fingerprint density at radius 3 is 2.70 bits per heavy atom. The fourth-order valence-corrected chi connectivity index (χ4v) is 5.29. The molecule has 0 spiro atoms. The molecule has 3 rings (SSSR count). The minimum atomic E-state index is -3.69. The van der Waals surface area contributed by atoms with Gasteiger partial charge in [-0.3, -0.25) is 9.59 Å². The van der Waals surface area contributed by atoms with Gasteiger partial charge in [-0.15, -0.1) is 11.8 Å². The molecule has 0 bridgehead atoms. The zero-order chi connectivity index (χ0) is 21.7. The Kier molecular flexibility index (Phi) is 7.04. The van der Waals surface area contributed by atoms with Crippen molar-refractivity contribution in [3.63, 3.8) is 0 Å². The third kappa shape index (κ3) is 5.14. The fraction of sp³-hybridized carbons (Fsp3) is 0.333. The molecule has 1 unspecified atom stereocenters. The van der Waals surface area contributed by atoms with Gasteiger partial charge in [0.1, 0.15) is 5.75 Å². The van der Waals surface area contributed by atoms with Crippen molar-refractivity contribution in [1.29, 1.82) is 0 Å². The minimum Gasteiger partial charge on any atom is -0.492 e. The van der Waals surface area contributed by atoms with Crippen LogP contribution in [0.1, 0.15) is 26.7 Å². The van der Waals surface area contributed by atoms with Crippen molar-refractivity contribution in [1.82, 2.24) is 0 Å². The highest BCUT2D eigenvalue weighted by molar-refractivity contribution is 8.01. The number of sulfone groups is 1. The second-order valence-electron chi connectivity index (χ2n) is 6.71. The van der Waals surface area contributed by atoms with Gasteiger partial charge in [0.2, 0.25) is 11.8 Å². The number of benzene rings is 2. The molecule has 1 heterocycles. The smallest absolute Gasteiger partial charge is 0.237 e. The molecule has 2 amide bonds. The first kappa shape index (κ1) is 22.2. The number of amides is 2. The number of ether oxygens (including phenoxy) is 1. The molecule has 7 nitrogen and oxygen atoms in total. The number of hydrogen-bond donors (Lipinski definition) is 2. The number of thioether (sulfide) groups is 1. The van der Waals surface area contributed by atoms with Crippen LogP contribution in [-0.2, 0) is 19.4 Å². The molecule has 1 aliphatic heterocycles. The molecule has 1 aliphatic rings. The fourth-order valence-electron chi connectivity index (χ4n) is 3.00. The van der Waals surface area contributed by atoms with E-state index in [1.165, 1.54) is 23.9 Å². The predicted octanol–water partition coefficient (Wildman–Crippen LogP) is 3.71. The summed E-state index contributed by atoms with van der Waals surface area (Å²) in [4.78, 5) is 25.3. The first-order chi connectivity index (χ1) is 14.3. The molecule has 0 saturated carbocycles. The van der Waals surface area contributed by atoms with Gasteiger partial charge < -0.3 is 15.4 Å². The molecule has 2 N–H and O–H groups in total. The number of nitrogens with one attached hydrogen (secondary N) is 2. The van der Waals surface area contributed by atoms with Crippen molar-refractivity contribution in [3.05, 3.63) is 42.5 Å². The van der Waals surface area contributed by atoms with Gasteiger partial charge in [0.05, 0.1) is 33.9 Å². The average molecular weight is 449 g/mol. The highest BCUT2D eigenvalue weighted by atomic mass is 32.2. The predicted molar refractivity (Wildman–Crippen MR) is 118 cm³/mol. The van der Waals surface area contributed by atoms with Crippen molar-refractivity contribution in [2.45, 2.75) is 41.7 Å². The van der Waals surface area contributed by atoms with Crippen LogP contribution in [0.3, 0.4) is 0 Å². The lowest BCUT2D eigenvalue weighted by Gasteiger charge is -2.23. The van der Waals surface area contributed by atoms with Crippen molar-refractivity contribution in [2.24, 2.45) is 0 Å². The Morgan fingerprint density at radius 1 is 1.20 bits per heavy atom. The standard InChI is InChI=1S/C21H24N2O5S2/c1-3-18-21(25)23-16-13-14(9-10-19(16)29-18)30(26,27)12-11-20(24)22-15-7-5-6-8-17(15)28-4-2/h5-10,13,18H,3-4,11-12H2,1-2H3,(H,22,24)(H,23,25). The molecule has 2 aromatic rings. The van der Waals surface area contributed by atoms with E-state index in [0.717, 1.165) is 4.90 Å². The summed E-state index contributed by atoms with van der Waals surface area (Å²) in [6.07, 6.45) is 0.496. The van der Waals surface area contributed by atoms with Crippen LogP contribution in [0.2, 0.25) is 0 Å². The molecule has 9 heteroatoms. The monoisotopic (exact) mass is 448 g/mol. The Hall–Kier alpha value is -2.52. The lowest BCUT2D eigenvalue weighted by molar-refractivity contribution is -0.116. The average Bonchev–Trinajstić information content (AvgIpc) is 2.73. The van der Waals surface area contributed by atoms with E-state index in [4.69, 9.17) is 4.74 Å². The van der Waals surface area contributed by atoms with Crippen molar-refractivity contribution in [3.8, 4) is 5.75 Å². The van der Waals surface area contributed by atoms with E-state index in [2.05, 4.69) is 10.6 Å². The maximum absolute atomic E-state index is 12.7. The Bertz CT molecular complexity index is 1050. The quantitative estimate of drug-likeness (QED) is 0.638. The highest BCUT2D eigenvalue weighted by Crippen LogP contribution is 2.38. The zero-order valence-corrected chi connectivity index (χ0v) is 18.4. The van der Waals surface area contributed by atoms with E-state index < -0.39 is 15.7 Å². The van der Waals surface area contributed by atoms with Crippen molar-refractivity contribution in [2.75, 3.05) is 23.0 Å². The summed E-state index contributed by atoms with van der Waals surface area (Å²) in [5.41, 5.74) is 0.992. The third-order valence-corrected chi connectivity index (χ3v) is 7.71. The van der Waals surface area contributed by atoms with Crippen LogP contribution in [-0.4, -0.2) is 37.8 Å². The van der Waals surface area contributed by atoms with E-state index in [1.807, 2.05) is 13.8 Å². The zero-order valence-electron chi connectivity index (χ0n) is 16.8. The van der Waals surface area contributed by atoms with Crippen LogP contribution >= 0.6 is 11.8 Å². The number of para-hydroxylation sites is 2. The molecule has 0 aliphatic carbocycles. The van der Waals surface area contributed by atoms with E-state index in [-0.39, 0.29) is 28.2 Å². The van der Waals surface area contributed by atoms with Crippen LogP contribution in [0, 0.1) is 0 Å². The number of hydrogen-bond acceptors (Lipinski definition) is 6. The molecular formula is C21H24N2O5S2. The summed E-state index contributed by atoms with van der Waals surface area (Å²) in [7, 11) is -3.69. The third-order valence-electron chi connectivity index (χ3n) is 4.56. The summed E-state index contributed by atoms with van der Waals surface area (Å²) in [5.74, 6) is -0.354. The molecular weight excluding hydrogens is 424 g/mol. The summed E-state index contributed by atoms with van der Waals surface area (Å²) < 4.78 is 30.9. The molecule has 2 aromatic carbocycles. The van der Waals surface area contributed by atoms with E-state index >= 15 is 0 Å². The Morgan fingerprint density at radius 2 is 1.97 bits per heavy atom. The maximum Gasteiger partial charge on any atom is 0.237 e. The summed E-state index contributed by atoms with van der Waals surface area (Å²) in [6.45, 7) is 4.22. The van der Waals surface area contributed by atoms with Crippen LogP contribution in [0.25, 0.3) is 0 Å². The molecule has 0 saturated heterocycles. The van der Waals surface area contributed by atoms with Gasteiger partial charge in [0.15, 0.2) is 9.84 Å². The topological polar surface area (TPSA) is 102 Å². The van der Waals surface area contributed by atoms with Gasteiger partial charge in [-0.2, -0.15) is 0 Å². The molecule has 0 fully saturated rings. The van der Waals surface area contributed by atoms with Gasteiger partial charge in [-0.05, 0) is 43.7 Å². The van der Waals surface area contributed by atoms with E-state index in [0.29, 0.717) is 30.2 Å². The van der Waals surface area contributed by atoms with Gasteiger partial charge in [-0.1, -0.05) is 19.1 Å². The number of rotatable bonds is 8. The Labute approximate surface area is 180 Å². The summed E-state index contributed by atoms with van der Waals surface area (Å²) >= 11 is 1.43. The minimum absolute atomic E-state index is 0.0830. The van der Waals surface area contributed by atoms with E-state index in [9.17, 15) is 18.0 Å². The molecule has 30 heavy (non-hydrogen) atoms. The summed E-state index contributed by atoms with van der Waals surface area (Å²) in [5, 5.41) is 5.29. The van der Waals surface area contributed by atoms with Crippen LogP contribution in [0.15, 0.2) is 52.3 Å². The van der Waals surface area contributed by atoms with Crippen molar-refractivity contribution < 1.29 is 22.7 Å². The molecule has 1 atom stereocenters. The number of carbonyl (C=O) groups is 2. The normalized spacial score (nSPS) is 15.8. The van der Waals surface area contributed by atoms with Gasteiger partial charge in [0, 0.05) is 11.3 Å². The lowest BCUT2D eigenvalue weighted by Crippen LogP contribution is -2.28. The van der Waals surface area contributed by atoms with Crippen molar-refractivity contribution >= 4 is 44.8 Å². The first-order valence-electron chi connectivity index (χ1n) is 9.70. The second-order valence-corrected chi connectivity index (χ2v) is 10.1. The number of fused-ring (bicyclic) bond motifs is 1. The van der Waals surface area contributed by atoms with Gasteiger partial charge in [0.25, 0.3) is 0 Å². The largest absolute Gasteiger partial charge is 0.492 e. The first-order valence-corrected chi connectivity index (χ1v) is 12.2. The maximum atomic E-state index is 12.7. The Balaban J connectivity index is 1.67. The lowest BCUT2D eigenvalue weighted by atomic mass is 10.2. The SMILES string of the molecule is CCOc1ccccc1NC(=O)CCS(=O)(=O)c1ccc2c(c1)NC(=O)C(CC)S2. The summed E-state index contributed by atoms with van der Waals surface area (Å²) in [6, 6.07) is 11.7. The van der Waals surface area contributed by atoms with Crippen LogP contribution in [0.4, 0.5) is 11.4 Å². The highest BCUT2D eigenvalue weighted by Gasteiger charge is 2.27.